The first-order valence-electron chi connectivity index (χ1n) is 22.9. The molecule has 8 bridgehead atoms. The fourth-order valence-electron chi connectivity index (χ4n) is 8.79. The van der Waals surface area contributed by atoms with Gasteiger partial charge < -0.3 is 24.9 Å². The second-order valence-electron chi connectivity index (χ2n) is 16.2. The van der Waals surface area contributed by atoms with Crippen LogP contribution >= 0.6 is 0 Å². The van der Waals surface area contributed by atoms with Crippen molar-refractivity contribution in [3.63, 3.8) is 0 Å². The van der Waals surface area contributed by atoms with Gasteiger partial charge in [-0.3, -0.25) is 0 Å². The van der Waals surface area contributed by atoms with E-state index in [4.69, 9.17) is 24.7 Å². The molecule has 0 atom stereocenters. The van der Waals surface area contributed by atoms with Gasteiger partial charge in [0.2, 0.25) is 22.8 Å². The van der Waals surface area contributed by atoms with Crippen molar-refractivity contribution >= 4 is 46.4 Å². The summed E-state index contributed by atoms with van der Waals surface area (Å²) < 4.78 is 14.7. The second kappa shape index (κ2) is 21.7. The molecular formula is C54H56MnN8O3+5. The average Bonchev–Trinajstić information content (AvgIpc) is 4.19. The summed E-state index contributed by atoms with van der Waals surface area (Å²) in [6.45, 7) is 7.93. The zero-order valence-corrected chi connectivity index (χ0v) is 38.8. The number of aliphatic hydroxyl groups excluding tert-OH is 2. The normalized spacial score (nSPS) is 11.9. The molecule has 9 heterocycles. The number of aromatic nitrogens is 8. The molecule has 0 amide bonds. The van der Waals surface area contributed by atoms with Gasteiger partial charge in [-0.15, -0.1) is 22.1 Å². The van der Waals surface area contributed by atoms with Crippen molar-refractivity contribution < 1.29 is 50.3 Å². The Labute approximate surface area is 396 Å². The van der Waals surface area contributed by atoms with E-state index in [0.717, 1.165) is 129 Å². The van der Waals surface area contributed by atoms with Crippen molar-refractivity contribution in [2.75, 3.05) is 26.4 Å². The van der Waals surface area contributed by atoms with Crippen LogP contribution in [0, 0.1) is 0 Å². The fourth-order valence-corrected chi connectivity index (χ4v) is 8.79. The zero-order valence-electron chi connectivity index (χ0n) is 37.6. The first-order chi connectivity index (χ1) is 32.1. The molecule has 2 aliphatic heterocycles. The van der Waals surface area contributed by atoms with Gasteiger partial charge in [-0.05, 0) is 55.0 Å². The molecule has 12 heteroatoms. The van der Waals surface area contributed by atoms with E-state index in [1.165, 1.54) is 0 Å². The molecule has 2 N–H and O–H groups in total. The monoisotopic (exact) mass is 919 g/mol. The van der Waals surface area contributed by atoms with Crippen LogP contribution in [-0.2, 0) is 48.0 Å². The van der Waals surface area contributed by atoms with Crippen molar-refractivity contribution in [2.24, 2.45) is 0 Å². The number of ether oxygens (including phenoxy) is 1. The molecule has 0 aromatic carbocycles. The van der Waals surface area contributed by atoms with Gasteiger partial charge in [0.25, 0.3) is 0 Å². The summed E-state index contributed by atoms with van der Waals surface area (Å²) in [5.74, 6) is 0. The van der Waals surface area contributed by atoms with Crippen LogP contribution in [0.1, 0.15) is 62.3 Å². The van der Waals surface area contributed by atoms with E-state index in [1.54, 1.807) is 0 Å². The third-order valence-corrected chi connectivity index (χ3v) is 11.9. The van der Waals surface area contributed by atoms with Gasteiger partial charge in [0.15, 0.2) is 44.4 Å². The van der Waals surface area contributed by atoms with Crippen LogP contribution in [0.25, 0.3) is 91.4 Å². The number of aryl methyl sites for hydroxylation is 1. The number of aliphatic hydroxyl groups is 2. The summed E-state index contributed by atoms with van der Waals surface area (Å²) in [5.41, 5.74) is 13.3. The van der Waals surface area contributed by atoms with Gasteiger partial charge in [0.1, 0.15) is 26.4 Å². The van der Waals surface area contributed by atoms with Crippen LogP contribution in [-0.4, -0.2) is 46.6 Å². The van der Waals surface area contributed by atoms with E-state index < -0.39 is 0 Å². The average molecular weight is 920 g/mol. The Hall–Kier alpha value is -6.40. The number of fused-ring (bicyclic) bond motifs is 8. The quantitative estimate of drug-likeness (QED) is 0.0558. The molecule has 2 aliphatic rings. The Morgan fingerprint density at radius 1 is 0.439 bits per heavy atom. The molecule has 0 spiro atoms. The number of hydrogen-bond acceptors (Lipinski definition) is 5. The molecule has 0 aliphatic carbocycles. The van der Waals surface area contributed by atoms with Crippen molar-refractivity contribution in [3.05, 3.63) is 145 Å². The van der Waals surface area contributed by atoms with Gasteiger partial charge in [0.05, 0.1) is 45.0 Å². The predicted molar refractivity (Wildman–Crippen MR) is 254 cm³/mol. The molecule has 7 aromatic heterocycles. The third-order valence-electron chi connectivity index (χ3n) is 11.9. The molecule has 0 saturated carbocycles. The van der Waals surface area contributed by atoms with Crippen LogP contribution in [0.2, 0.25) is 0 Å². The minimum absolute atomic E-state index is 0. The molecule has 0 radical (unpaired) electrons. The van der Waals surface area contributed by atoms with Gasteiger partial charge in [-0.2, -0.15) is 18.3 Å². The number of pyridine rings is 4. The summed E-state index contributed by atoms with van der Waals surface area (Å²) >= 11 is 0. The summed E-state index contributed by atoms with van der Waals surface area (Å²) in [6, 6.07) is 33.0. The molecule has 9 rings (SSSR count). The summed E-state index contributed by atoms with van der Waals surface area (Å²) in [7, 11) is 0. The van der Waals surface area contributed by atoms with E-state index in [1.807, 2.05) is 47.3 Å². The Bertz CT molecular complexity index is 3060. The molecule has 7 aromatic rings. The van der Waals surface area contributed by atoms with Gasteiger partial charge in [0, 0.05) is 61.6 Å². The number of unbranched alkanes of at least 4 members (excludes halogenated alkanes) is 2. The smallest absolute Gasteiger partial charge is 0.656 e. The Balaban J connectivity index is 0.00000592. The number of hydrogen-bond donors (Lipinski definition) is 2. The largest absolute Gasteiger partial charge is 3.00 e. The first-order valence-corrected chi connectivity index (χ1v) is 22.9. The molecular weight excluding hydrogens is 864 g/mol. The molecule has 66 heavy (non-hydrogen) atoms. The molecule has 0 saturated heterocycles. The Morgan fingerprint density at radius 2 is 0.788 bits per heavy atom. The number of rotatable bonds is 17. The Morgan fingerprint density at radius 3 is 1.14 bits per heavy atom. The van der Waals surface area contributed by atoms with Crippen LogP contribution in [0.3, 0.4) is 0 Å². The van der Waals surface area contributed by atoms with E-state index in [2.05, 4.69) is 131 Å². The van der Waals surface area contributed by atoms with Crippen molar-refractivity contribution in [1.82, 2.24) is 19.9 Å². The van der Waals surface area contributed by atoms with Gasteiger partial charge in [-0.1, -0.05) is 51.0 Å². The maximum Gasteiger partial charge on any atom is 3.00 e. The molecule has 11 nitrogen and oxygen atoms in total. The predicted octanol–water partition coefficient (Wildman–Crippen LogP) is 7.33. The van der Waals surface area contributed by atoms with E-state index in [9.17, 15) is 10.2 Å². The molecule has 0 unspecified atom stereocenters. The molecule has 0 fully saturated rings. The number of nitrogens with zero attached hydrogens (tertiary/aromatic N) is 8. The van der Waals surface area contributed by atoms with Gasteiger partial charge in [-0.25, -0.2) is 9.97 Å². The van der Waals surface area contributed by atoms with Gasteiger partial charge >= 0.3 is 17.1 Å². The minimum Gasteiger partial charge on any atom is -0.656 e. The van der Waals surface area contributed by atoms with E-state index >= 15 is 0 Å². The van der Waals surface area contributed by atoms with Crippen LogP contribution < -0.4 is 28.2 Å². The van der Waals surface area contributed by atoms with E-state index in [-0.39, 0.29) is 30.3 Å². The van der Waals surface area contributed by atoms with Crippen LogP contribution in [0.15, 0.2) is 122 Å². The maximum atomic E-state index is 10.2. The third kappa shape index (κ3) is 9.61. The standard InChI is InChI=1S/C54H56N8O3.Mn/c1-3-5-27-59-28-11-7-15-47(59)51-39-19-21-41(55-39)52(48-16-8-12-29-60(48)32-35-63)42-22-23-43(57-42)53(49-17-9-13-30-61(49)33-36-64)44-24-26-46(58-44)54(45-25-20-40(51)56-45)50-18-10-14-31-62(50)34-38-65-37-6-4-2;/h7-26,28-31,63-64H,3-6,27,32-38H2,1-2H3;/q+2;+3. The van der Waals surface area contributed by atoms with Crippen molar-refractivity contribution in [1.29, 1.82) is 0 Å². The topological polar surface area (TPSA) is 119 Å². The minimum atomic E-state index is -0.0319. The first kappa shape index (κ1) is 46.1. The van der Waals surface area contributed by atoms with Crippen molar-refractivity contribution in [3.8, 4) is 45.0 Å². The SMILES string of the molecule is CCCCOCC[n+]1ccccc1-c1c2nc(c(-c3cccc[n+]3CCO)c3ccc([n-]3)c(-c3cccc[n+]3CCO)c3nc(c(-c4cccc[n+]4CCCC)c4ccc1[n-]4)C=C3)C=C2.[Mn+3]. The van der Waals surface area contributed by atoms with Crippen LogP contribution in [0.4, 0.5) is 0 Å². The second-order valence-corrected chi connectivity index (χ2v) is 16.2. The molecule has 332 valence electrons. The summed E-state index contributed by atoms with van der Waals surface area (Å²) in [6.07, 6.45) is 20.7. The van der Waals surface area contributed by atoms with E-state index in [0.29, 0.717) is 26.2 Å². The van der Waals surface area contributed by atoms with Crippen LogP contribution in [0.5, 0.6) is 0 Å². The maximum absolute atomic E-state index is 10.2. The summed E-state index contributed by atoms with van der Waals surface area (Å²) in [5, 5.41) is 20.5. The Kier molecular flexibility index (Phi) is 15.2. The fraction of sp³-hybridized carbons (Fsp3) is 0.259. The zero-order chi connectivity index (χ0) is 44.5. The summed E-state index contributed by atoms with van der Waals surface area (Å²) in [4.78, 5) is 22.0. The van der Waals surface area contributed by atoms with Crippen molar-refractivity contribution in [2.45, 2.75) is 65.7 Å².